The molecular weight excluding hydrogens is 312 g/mol. The van der Waals surface area contributed by atoms with Crippen molar-refractivity contribution in [2.75, 3.05) is 6.61 Å². The van der Waals surface area contributed by atoms with Crippen molar-refractivity contribution in [3.8, 4) is 0 Å². The lowest BCUT2D eigenvalue weighted by Crippen LogP contribution is -2.24. The summed E-state index contributed by atoms with van der Waals surface area (Å²) >= 11 is 0. The van der Waals surface area contributed by atoms with Crippen molar-refractivity contribution in [1.29, 1.82) is 0 Å². The first-order valence-corrected chi connectivity index (χ1v) is 8.88. The van der Waals surface area contributed by atoms with Crippen LogP contribution in [0.4, 0.5) is 0 Å². The molecule has 2 aliphatic carbocycles. The Morgan fingerprint density at radius 1 is 0.708 bits per heavy atom. The van der Waals surface area contributed by atoms with Crippen molar-refractivity contribution in [1.82, 2.24) is 0 Å². The number of carbonyl (C=O) groups excluding carboxylic acids is 3. The van der Waals surface area contributed by atoms with Gasteiger partial charge >= 0.3 is 17.9 Å². The van der Waals surface area contributed by atoms with E-state index in [2.05, 4.69) is 0 Å². The molecule has 6 heteroatoms. The highest BCUT2D eigenvalue weighted by Gasteiger charge is 2.19. The highest BCUT2D eigenvalue weighted by atomic mass is 16.6. The Morgan fingerprint density at radius 3 is 1.79 bits per heavy atom. The standard InChI is InChI=1S/C18H26O6/c19-16(11-12-17(20)23-14-7-3-1-4-8-14)22-13-18(21)24-15-9-5-2-6-10-15/h11-12,14-15H,1-10,13H2/b12-11+. The van der Waals surface area contributed by atoms with Crippen LogP contribution in [0.1, 0.15) is 64.2 Å². The van der Waals surface area contributed by atoms with Crippen LogP contribution in [0.3, 0.4) is 0 Å². The molecule has 0 aliphatic heterocycles. The smallest absolute Gasteiger partial charge is 0.344 e. The molecule has 0 saturated heterocycles. The predicted octanol–water partition coefficient (Wildman–Crippen LogP) is 2.84. The third kappa shape index (κ3) is 7.15. The van der Waals surface area contributed by atoms with Gasteiger partial charge in [-0.3, -0.25) is 0 Å². The molecule has 0 aromatic rings. The zero-order valence-corrected chi connectivity index (χ0v) is 14.0. The molecule has 24 heavy (non-hydrogen) atoms. The van der Waals surface area contributed by atoms with Gasteiger partial charge in [0.1, 0.15) is 12.2 Å². The second kappa shape index (κ2) is 10.1. The first-order valence-electron chi connectivity index (χ1n) is 8.88. The molecule has 0 atom stereocenters. The van der Waals surface area contributed by atoms with Gasteiger partial charge in [0.05, 0.1) is 0 Å². The molecule has 6 nitrogen and oxygen atoms in total. The van der Waals surface area contributed by atoms with E-state index in [9.17, 15) is 14.4 Å². The Hall–Kier alpha value is -1.85. The third-order valence-corrected chi connectivity index (χ3v) is 4.37. The molecule has 0 aromatic carbocycles. The van der Waals surface area contributed by atoms with E-state index in [1.807, 2.05) is 0 Å². The average Bonchev–Trinajstić information content (AvgIpc) is 2.60. The van der Waals surface area contributed by atoms with E-state index in [-0.39, 0.29) is 12.2 Å². The van der Waals surface area contributed by atoms with E-state index in [1.54, 1.807) is 0 Å². The molecule has 134 valence electrons. The lowest BCUT2D eigenvalue weighted by molar-refractivity contribution is -0.161. The maximum atomic E-state index is 11.6. The van der Waals surface area contributed by atoms with Crippen LogP contribution in [-0.4, -0.2) is 36.7 Å². The Kier molecular flexibility index (Phi) is 7.79. The summed E-state index contributed by atoms with van der Waals surface area (Å²) in [6, 6.07) is 0. The van der Waals surface area contributed by atoms with E-state index in [1.165, 1.54) is 12.8 Å². The van der Waals surface area contributed by atoms with Crippen LogP contribution >= 0.6 is 0 Å². The highest BCUT2D eigenvalue weighted by Crippen LogP contribution is 2.21. The Balaban J connectivity index is 1.60. The molecule has 0 radical (unpaired) electrons. The summed E-state index contributed by atoms with van der Waals surface area (Å²) in [6.45, 7) is -0.433. The number of ether oxygens (including phenoxy) is 3. The number of hydrogen-bond donors (Lipinski definition) is 0. The van der Waals surface area contributed by atoms with Gasteiger partial charge in [-0.2, -0.15) is 0 Å². The summed E-state index contributed by atoms with van der Waals surface area (Å²) in [5.41, 5.74) is 0. The van der Waals surface area contributed by atoms with Crippen LogP contribution in [0.5, 0.6) is 0 Å². The van der Waals surface area contributed by atoms with E-state index in [0.29, 0.717) is 0 Å². The van der Waals surface area contributed by atoms with Gasteiger partial charge in [-0.05, 0) is 51.4 Å². The molecule has 0 N–H and O–H groups in total. The van der Waals surface area contributed by atoms with Gasteiger partial charge in [0.2, 0.25) is 0 Å². The van der Waals surface area contributed by atoms with Gasteiger partial charge in [0.25, 0.3) is 0 Å². The van der Waals surface area contributed by atoms with Gasteiger partial charge in [0.15, 0.2) is 6.61 Å². The average molecular weight is 338 g/mol. The minimum Gasteiger partial charge on any atom is -0.460 e. The maximum Gasteiger partial charge on any atom is 0.344 e. The monoisotopic (exact) mass is 338 g/mol. The highest BCUT2D eigenvalue weighted by molar-refractivity contribution is 5.92. The van der Waals surface area contributed by atoms with Crippen LogP contribution in [0, 0.1) is 0 Å². The largest absolute Gasteiger partial charge is 0.460 e. The van der Waals surface area contributed by atoms with E-state index in [4.69, 9.17) is 14.2 Å². The Labute approximate surface area is 142 Å². The van der Waals surface area contributed by atoms with Crippen molar-refractivity contribution < 1.29 is 28.6 Å². The van der Waals surface area contributed by atoms with Gasteiger partial charge in [0, 0.05) is 12.2 Å². The summed E-state index contributed by atoms with van der Waals surface area (Å²) in [7, 11) is 0. The second-order valence-corrected chi connectivity index (χ2v) is 6.39. The van der Waals surface area contributed by atoms with Gasteiger partial charge in [-0.15, -0.1) is 0 Å². The molecule has 0 aromatic heterocycles. The van der Waals surface area contributed by atoms with Crippen LogP contribution < -0.4 is 0 Å². The van der Waals surface area contributed by atoms with Crippen LogP contribution in [0.25, 0.3) is 0 Å². The van der Waals surface area contributed by atoms with Gasteiger partial charge in [-0.25, -0.2) is 14.4 Å². The molecular formula is C18H26O6. The topological polar surface area (TPSA) is 78.9 Å². The summed E-state index contributed by atoms with van der Waals surface area (Å²) in [5, 5.41) is 0. The molecule has 2 fully saturated rings. The molecule has 2 rings (SSSR count). The van der Waals surface area contributed by atoms with Crippen molar-refractivity contribution in [2.45, 2.75) is 76.4 Å². The maximum absolute atomic E-state index is 11.6. The molecule has 2 saturated carbocycles. The van der Waals surface area contributed by atoms with Crippen LogP contribution in [-0.2, 0) is 28.6 Å². The molecule has 2 aliphatic rings. The van der Waals surface area contributed by atoms with Gasteiger partial charge in [-0.1, -0.05) is 12.8 Å². The summed E-state index contributed by atoms with van der Waals surface area (Å²) in [6.07, 6.45) is 12.0. The fourth-order valence-corrected chi connectivity index (χ4v) is 3.10. The van der Waals surface area contributed by atoms with Crippen molar-refractivity contribution >= 4 is 17.9 Å². The third-order valence-electron chi connectivity index (χ3n) is 4.37. The molecule has 0 heterocycles. The summed E-state index contributed by atoms with van der Waals surface area (Å²) in [5.74, 6) is -1.85. The summed E-state index contributed by atoms with van der Waals surface area (Å²) in [4.78, 5) is 34.7. The molecule has 0 bridgehead atoms. The van der Waals surface area contributed by atoms with Crippen LogP contribution in [0.2, 0.25) is 0 Å². The number of rotatable bonds is 6. The normalized spacial score (nSPS) is 19.8. The first kappa shape index (κ1) is 18.5. The molecule has 0 unspecified atom stereocenters. The number of hydrogen-bond acceptors (Lipinski definition) is 6. The number of esters is 3. The van der Waals surface area contributed by atoms with Crippen molar-refractivity contribution in [3.05, 3.63) is 12.2 Å². The Bertz CT molecular complexity index is 458. The zero-order valence-electron chi connectivity index (χ0n) is 14.0. The van der Waals surface area contributed by atoms with Crippen LogP contribution in [0.15, 0.2) is 12.2 Å². The second-order valence-electron chi connectivity index (χ2n) is 6.39. The van der Waals surface area contributed by atoms with Gasteiger partial charge < -0.3 is 14.2 Å². The van der Waals surface area contributed by atoms with Crippen molar-refractivity contribution in [3.63, 3.8) is 0 Å². The quantitative estimate of drug-likeness (QED) is 0.421. The lowest BCUT2D eigenvalue weighted by Gasteiger charge is -2.21. The number of carbonyl (C=O) groups is 3. The fraction of sp³-hybridized carbons (Fsp3) is 0.722. The zero-order chi connectivity index (χ0) is 17.2. The van der Waals surface area contributed by atoms with Crippen molar-refractivity contribution in [2.24, 2.45) is 0 Å². The SMILES string of the molecule is O=C(/C=C/C(=O)OC1CCCCC1)OCC(=O)OC1CCCCC1. The van der Waals surface area contributed by atoms with E-state index in [0.717, 1.165) is 63.5 Å². The fourth-order valence-electron chi connectivity index (χ4n) is 3.10. The minimum atomic E-state index is -0.754. The molecule has 0 spiro atoms. The first-order chi connectivity index (χ1) is 11.6. The molecule has 0 amide bonds. The summed E-state index contributed by atoms with van der Waals surface area (Å²) < 4.78 is 15.3. The van der Waals surface area contributed by atoms with E-state index >= 15 is 0 Å². The lowest BCUT2D eigenvalue weighted by atomic mass is 9.98. The van der Waals surface area contributed by atoms with E-state index < -0.39 is 24.5 Å². The minimum absolute atomic E-state index is 0.0580. The Morgan fingerprint density at radius 2 is 1.21 bits per heavy atom. The predicted molar refractivity (Wildman–Crippen MR) is 86.0 cm³/mol.